The Morgan fingerprint density at radius 3 is 3.00 bits per heavy atom. The van der Waals surface area contributed by atoms with E-state index in [4.69, 9.17) is 11.2 Å². The number of terminal acetylenes is 1. The molecule has 0 fully saturated rings. The summed E-state index contributed by atoms with van der Waals surface area (Å²) in [6, 6.07) is 1.99. The monoisotopic (exact) mass is 230 g/mol. The molecule has 1 aromatic rings. The highest BCUT2D eigenvalue weighted by atomic mass is 79.9. The molecular weight excluding hydrogens is 224 g/mol. The lowest BCUT2D eigenvalue weighted by atomic mass is 10.4. The van der Waals surface area contributed by atoms with Crippen LogP contribution < -0.4 is 4.74 Å². The Morgan fingerprint density at radius 2 is 2.55 bits per heavy atom. The van der Waals surface area contributed by atoms with Crippen LogP contribution in [0.2, 0.25) is 0 Å². The van der Waals surface area contributed by atoms with Crippen molar-refractivity contribution in [2.24, 2.45) is 0 Å². The van der Waals surface area contributed by atoms with Crippen molar-refractivity contribution in [1.82, 2.24) is 0 Å². The Labute approximate surface area is 78.5 Å². The SMILES string of the molecule is C#CCc1cc(Br)c(OC)s1. The van der Waals surface area contributed by atoms with Gasteiger partial charge in [0.25, 0.3) is 0 Å². The van der Waals surface area contributed by atoms with Crippen LogP contribution in [0, 0.1) is 12.3 Å². The van der Waals surface area contributed by atoms with Crippen molar-refractivity contribution in [3.63, 3.8) is 0 Å². The van der Waals surface area contributed by atoms with E-state index in [1.165, 1.54) is 0 Å². The first-order valence-electron chi connectivity index (χ1n) is 3.03. The summed E-state index contributed by atoms with van der Waals surface area (Å²) in [7, 11) is 1.65. The first kappa shape index (κ1) is 8.63. The van der Waals surface area contributed by atoms with Crippen LogP contribution in [-0.4, -0.2) is 7.11 Å². The fraction of sp³-hybridized carbons (Fsp3) is 0.250. The number of methoxy groups -OCH3 is 1. The smallest absolute Gasteiger partial charge is 0.188 e. The molecule has 11 heavy (non-hydrogen) atoms. The van der Waals surface area contributed by atoms with Crippen LogP contribution in [0.1, 0.15) is 4.88 Å². The second kappa shape index (κ2) is 3.80. The van der Waals surface area contributed by atoms with E-state index >= 15 is 0 Å². The minimum Gasteiger partial charge on any atom is -0.486 e. The largest absolute Gasteiger partial charge is 0.486 e. The van der Waals surface area contributed by atoms with Gasteiger partial charge in [0.15, 0.2) is 5.06 Å². The molecule has 0 N–H and O–H groups in total. The lowest BCUT2D eigenvalue weighted by molar-refractivity contribution is 0.425. The standard InChI is InChI=1S/C8H7BrOS/c1-3-4-6-5-7(9)8(10-2)11-6/h1,5H,4H2,2H3. The van der Waals surface area contributed by atoms with Crippen molar-refractivity contribution >= 4 is 27.3 Å². The first-order chi connectivity index (χ1) is 5.27. The topological polar surface area (TPSA) is 9.23 Å². The zero-order valence-electron chi connectivity index (χ0n) is 6.06. The molecule has 0 aliphatic heterocycles. The molecule has 58 valence electrons. The van der Waals surface area contributed by atoms with Gasteiger partial charge in [-0.3, -0.25) is 0 Å². The van der Waals surface area contributed by atoms with Gasteiger partial charge in [0.05, 0.1) is 11.6 Å². The van der Waals surface area contributed by atoms with Gasteiger partial charge in [-0.1, -0.05) is 0 Å². The zero-order valence-corrected chi connectivity index (χ0v) is 8.46. The van der Waals surface area contributed by atoms with Gasteiger partial charge in [-0.15, -0.1) is 23.7 Å². The molecule has 0 saturated heterocycles. The highest BCUT2D eigenvalue weighted by molar-refractivity contribution is 9.10. The third-order valence-electron chi connectivity index (χ3n) is 1.17. The van der Waals surface area contributed by atoms with Gasteiger partial charge in [-0.2, -0.15) is 0 Å². The Morgan fingerprint density at radius 1 is 1.82 bits per heavy atom. The Balaban J connectivity index is 2.88. The van der Waals surface area contributed by atoms with E-state index in [0.29, 0.717) is 6.42 Å². The van der Waals surface area contributed by atoms with Crippen LogP contribution in [0.25, 0.3) is 0 Å². The molecule has 0 aliphatic carbocycles. The molecule has 1 nitrogen and oxygen atoms in total. The minimum absolute atomic E-state index is 0.673. The van der Waals surface area contributed by atoms with E-state index in [0.717, 1.165) is 14.4 Å². The van der Waals surface area contributed by atoms with E-state index in [1.54, 1.807) is 18.4 Å². The number of hydrogen-bond donors (Lipinski definition) is 0. The van der Waals surface area contributed by atoms with Gasteiger partial charge >= 0.3 is 0 Å². The van der Waals surface area contributed by atoms with Gasteiger partial charge in [0.2, 0.25) is 0 Å². The number of rotatable bonds is 2. The van der Waals surface area contributed by atoms with Crippen molar-refractivity contribution in [3.05, 3.63) is 15.4 Å². The van der Waals surface area contributed by atoms with Crippen molar-refractivity contribution in [1.29, 1.82) is 0 Å². The first-order valence-corrected chi connectivity index (χ1v) is 4.64. The van der Waals surface area contributed by atoms with Gasteiger partial charge in [-0.25, -0.2) is 0 Å². The zero-order chi connectivity index (χ0) is 8.27. The number of hydrogen-bond acceptors (Lipinski definition) is 2. The molecular formula is C8H7BrOS. The van der Waals surface area contributed by atoms with E-state index in [1.807, 2.05) is 6.07 Å². The molecule has 0 atom stereocenters. The Kier molecular flexibility index (Phi) is 2.98. The van der Waals surface area contributed by atoms with Gasteiger partial charge < -0.3 is 4.74 Å². The van der Waals surface area contributed by atoms with E-state index in [9.17, 15) is 0 Å². The molecule has 0 unspecified atom stereocenters. The normalized spacial score (nSPS) is 9.18. The number of halogens is 1. The van der Waals surface area contributed by atoms with Crippen molar-refractivity contribution in [3.8, 4) is 17.4 Å². The van der Waals surface area contributed by atoms with Crippen LogP contribution in [0.5, 0.6) is 5.06 Å². The third-order valence-corrected chi connectivity index (χ3v) is 3.12. The summed E-state index contributed by atoms with van der Waals surface area (Å²) < 4.78 is 6.06. The van der Waals surface area contributed by atoms with Crippen LogP contribution in [0.3, 0.4) is 0 Å². The Bertz CT molecular complexity index is 285. The van der Waals surface area contributed by atoms with E-state index in [2.05, 4.69) is 21.9 Å². The van der Waals surface area contributed by atoms with Gasteiger partial charge in [0.1, 0.15) is 0 Å². The third kappa shape index (κ3) is 1.98. The summed E-state index contributed by atoms with van der Waals surface area (Å²) in [4.78, 5) is 1.15. The molecule has 0 saturated carbocycles. The average molecular weight is 231 g/mol. The molecule has 0 radical (unpaired) electrons. The molecule has 1 heterocycles. The highest BCUT2D eigenvalue weighted by Gasteiger charge is 2.04. The molecule has 0 bridgehead atoms. The molecule has 0 amide bonds. The van der Waals surface area contributed by atoms with E-state index in [-0.39, 0.29) is 0 Å². The number of ether oxygens (including phenoxy) is 1. The van der Waals surface area contributed by atoms with Gasteiger partial charge in [0, 0.05) is 11.3 Å². The summed E-state index contributed by atoms with van der Waals surface area (Å²) in [5.41, 5.74) is 0. The van der Waals surface area contributed by atoms with Crippen molar-refractivity contribution in [2.45, 2.75) is 6.42 Å². The maximum atomic E-state index is 5.16. The molecule has 0 aliphatic rings. The quantitative estimate of drug-likeness (QED) is 0.711. The fourth-order valence-electron chi connectivity index (χ4n) is 0.724. The maximum Gasteiger partial charge on any atom is 0.188 e. The highest BCUT2D eigenvalue weighted by Crippen LogP contribution is 2.34. The summed E-state index contributed by atoms with van der Waals surface area (Å²) in [5, 5.41) is 0.884. The van der Waals surface area contributed by atoms with Crippen LogP contribution in [0.15, 0.2) is 10.5 Å². The van der Waals surface area contributed by atoms with Crippen LogP contribution in [0.4, 0.5) is 0 Å². The second-order valence-corrected chi connectivity index (χ2v) is 3.89. The minimum atomic E-state index is 0.673. The molecule has 0 aromatic carbocycles. The van der Waals surface area contributed by atoms with Crippen molar-refractivity contribution in [2.75, 3.05) is 7.11 Å². The molecule has 1 aromatic heterocycles. The lowest BCUT2D eigenvalue weighted by Crippen LogP contribution is -1.75. The summed E-state index contributed by atoms with van der Waals surface area (Å²) >= 11 is 4.94. The maximum absolute atomic E-state index is 5.16. The predicted octanol–water partition coefficient (Wildman–Crippen LogP) is 2.69. The molecule has 1 rings (SSSR count). The van der Waals surface area contributed by atoms with Crippen LogP contribution >= 0.6 is 27.3 Å². The Hall–Kier alpha value is -0.460. The second-order valence-electron chi connectivity index (χ2n) is 1.93. The van der Waals surface area contributed by atoms with Crippen LogP contribution in [-0.2, 0) is 6.42 Å². The number of thiophene rings is 1. The lowest BCUT2D eigenvalue weighted by Gasteiger charge is -1.91. The molecule has 0 spiro atoms. The predicted molar refractivity (Wildman–Crippen MR) is 51.1 cm³/mol. The fourth-order valence-corrected chi connectivity index (χ4v) is 2.37. The summed E-state index contributed by atoms with van der Waals surface area (Å²) in [5.74, 6) is 2.58. The van der Waals surface area contributed by atoms with Crippen molar-refractivity contribution < 1.29 is 4.74 Å². The average Bonchev–Trinajstić information content (AvgIpc) is 2.32. The summed E-state index contributed by atoms with van der Waals surface area (Å²) in [6.07, 6.45) is 5.84. The summed E-state index contributed by atoms with van der Waals surface area (Å²) in [6.45, 7) is 0. The van der Waals surface area contributed by atoms with Gasteiger partial charge in [-0.05, 0) is 22.0 Å². The van der Waals surface area contributed by atoms with E-state index < -0.39 is 0 Å². The molecule has 3 heteroatoms.